The van der Waals surface area contributed by atoms with E-state index in [0.29, 0.717) is 12.8 Å². The largest absolute Gasteiger partial charge is 0.481 e. The van der Waals surface area contributed by atoms with Crippen molar-refractivity contribution < 1.29 is 19.5 Å². The van der Waals surface area contributed by atoms with Crippen LogP contribution in [0.4, 0.5) is 4.79 Å². The Morgan fingerprint density at radius 2 is 1.96 bits per heavy atom. The molecule has 0 bridgehead atoms. The van der Waals surface area contributed by atoms with Crippen molar-refractivity contribution in [1.29, 1.82) is 0 Å². The van der Waals surface area contributed by atoms with Crippen LogP contribution < -0.4 is 10.6 Å². The molecule has 3 amide bonds. The van der Waals surface area contributed by atoms with Gasteiger partial charge in [-0.2, -0.15) is 0 Å². The predicted molar refractivity (Wildman–Crippen MR) is 100 cm³/mol. The van der Waals surface area contributed by atoms with E-state index in [-0.39, 0.29) is 43.0 Å². The average molecular weight is 373 g/mol. The van der Waals surface area contributed by atoms with Gasteiger partial charge < -0.3 is 20.6 Å². The number of carbonyl (C=O) groups excluding carboxylic acids is 2. The number of urea groups is 1. The maximum Gasteiger partial charge on any atom is 0.318 e. The van der Waals surface area contributed by atoms with Gasteiger partial charge in [0, 0.05) is 18.5 Å². The maximum atomic E-state index is 12.9. The first kappa shape index (κ1) is 19.2. The molecular weight excluding hydrogens is 346 g/mol. The van der Waals surface area contributed by atoms with E-state index >= 15 is 0 Å². The molecule has 0 radical (unpaired) electrons. The smallest absolute Gasteiger partial charge is 0.318 e. The molecule has 146 valence electrons. The normalized spacial score (nSPS) is 23.1. The minimum atomic E-state index is -0.882. The van der Waals surface area contributed by atoms with Crippen LogP contribution in [-0.4, -0.2) is 52.6 Å². The van der Waals surface area contributed by atoms with E-state index in [2.05, 4.69) is 10.6 Å². The lowest BCUT2D eigenvalue weighted by Gasteiger charge is -2.44. The predicted octanol–water partition coefficient (Wildman–Crippen LogP) is 1.92. The van der Waals surface area contributed by atoms with E-state index in [9.17, 15) is 14.4 Å². The molecule has 3 atom stereocenters. The number of piperazine rings is 1. The highest BCUT2D eigenvalue weighted by atomic mass is 16.4. The summed E-state index contributed by atoms with van der Waals surface area (Å²) in [5.74, 6) is -1.01. The van der Waals surface area contributed by atoms with Gasteiger partial charge >= 0.3 is 12.0 Å². The number of benzene rings is 1. The minimum absolute atomic E-state index is 0.00960. The number of carboxylic acid groups (broad SMARTS) is 1. The number of nitrogens with one attached hydrogen (secondary N) is 2. The van der Waals surface area contributed by atoms with Crippen LogP contribution in [0.3, 0.4) is 0 Å². The van der Waals surface area contributed by atoms with Crippen molar-refractivity contribution >= 4 is 17.9 Å². The fourth-order valence-electron chi connectivity index (χ4n) is 4.08. The van der Waals surface area contributed by atoms with E-state index in [4.69, 9.17) is 5.11 Å². The van der Waals surface area contributed by atoms with Crippen LogP contribution in [-0.2, 0) is 16.0 Å². The second-order valence-corrected chi connectivity index (χ2v) is 7.42. The van der Waals surface area contributed by atoms with Gasteiger partial charge in [0.1, 0.15) is 6.54 Å². The highest BCUT2D eigenvalue weighted by Gasteiger charge is 2.39. The maximum absolute atomic E-state index is 12.9. The molecule has 27 heavy (non-hydrogen) atoms. The zero-order valence-corrected chi connectivity index (χ0v) is 15.4. The number of amides is 3. The summed E-state index contributed by atoms with van der Waals surface area (Å²) < 4.78 is 0. The molecule has 2 fully saturated rings. The van der Waals surface area contributed by atoms with Gasteiger partial charge in [0.2, 0.25) is 5.91 Å². The van der Waals surface area contributed by atoms with Crippen molar-refractivity contribution in [2.45, 2.75) is 63.1 Å². The van der Waals surface area contributed by atoms with Crippen molar-refractivity contribution in [3.8, 4) is 0 Å². The quantitative estimate of drug-likeness (QED) is 0.709. The second-order valence-electron chi connectivity index (χ2n) is 7.42. The lowest BCUT2D eigenvalue weighted by atomic mass is 9.87. The summed E-state index contributed by atoms with van der Waals surface area (Å²) in [6.07, 6.45) is 4.80. The topological polar surface area (TPSA) is 98.7 Å². The summed E-state index contributed by atoms with van der Waals surface area (Å²) in [6, 6.07) is 9.18. The first-order valence-corrected chi connectivity index (χ1v) is 9.65. The summed E-state index contributed by atoms with van der Waals surface area (Å²) >= 11 is 0. The summed E-state index contributed by atoms with van der Waals surface area (Å²) in [5.41, 5.74) is 1.04. The highest BCUT2D eigenvalue weighted by Crippen LogP contribution is 2.26. The van der Waals surface area contributed by atoms with Crippen molar-refractivity contribution in [2.24, 2.45) is 0 Å². The Hall–Kier alpha value is -2.57. The fourth-order valence-corrected chi connectivity index (χ4v) is 4.08. The Kier molecular flexibility index (Phi) is 6.32. The van der Waals surface area contributed by atoms with Gasteiger partial charge in [0.25, 0.3) is 0 Å². The third kappa shape index (κ3) is 5.21. The van der Waals surface area contributed by atoms with Gasteiger partial charge in [0.15, 0.2) is 0 Å². The van der Waals surface area contributed by atoms with Crippen molar-refractivity contribution in [1.82, 2.24) is 15.5 Å². The number of fused-ring (bicyclic) bond motifs is 1. The van der Waals surface area contributed by atoms with Gasteiger partial charge in [-0.1, -0.05) is 43.2 Å². The van der Waals surface area contributed by atoms with Crippen LogP contribution in [0.25, 0.3) is 0 Å². The van der Waals surface area contributed by atoms with Crippen LogP contribution in [0, 0.1) is 0 Å². The van der Waals surface area contributed by atoms with Crippen LogP contribution in [0.15, 0.2) is 30.3 Å². The molecule has 1 aliphatic heterocycles. The molecule has 3 unspecified atom stereocenters. The second kappa shape index (κ2) is 8.88. The Labute approximate surface area is 159 Å². The molecule has 2 aliphatic rings. The van der Waals surface area contributed by atoms with Gasteiger partial charge in [-0.15, -0.1) is 0 Å². The third-order valence-electron chi connectivity index (χ3n) is 5.41. The van der Waals surface area contributed by atoms with Crippen LogP contribution in [0.2, 0.25) is 0 Å². The van der Waals surface area contributed by atoms with Crippen LogP contribution >= 0.6 is 0 Å². The summed E-state index contributed by atoms with van der Waals surface area (Å²) in [6.45, 7) is 0.0595. The number of aliphatic carboxylic acids is 1. The Bertz CT molecular complexity index is 679. The lowest BCUT2D eigenvalue weighted by molar-refractivity contribution is -0.137. The molecule has 0 spiro atoms. The van der Waals surface area contributed by atoms with Gasteiger partial charge in [-0.3, -0.25) is 9.59 Å². The Morgan fingerprint density at radius 3 is 2.70 bits per heavy atom. The van der Waals surface area contributed by atoms with Gasteiger partial charge in [-0.05, 0) is 31.2 Å². The molecule has 7 heteroatoms. The average Bonchev–Trinajstić information content (AvgIpc) is 2.66. The Balaban J connectivity index is 1.68. The molecule has 3 N–H and O–H groups in total. The number of hydrogen-bond acceptors (Lipinski definition) is 3. The number of hydrogen-bond donors (Lipinski definition) is 3. The summed E-state index contributed by atoms with van der Waals surface area (Å²) in [5, 5.41) is 15.0. The van der Waals surface area contributed by atoms with E-state index in [1.165, 1.54) is 0 Å². The molecule has 1 heterocycles. The third-order valence-corrected chi connectivity index (χ3v) is 5.41. The van der Waals surface area contributed by atoms with E-state index in [0.717, 1.165) is 31.2 Å². The molecule has 1 aromatic carbocycles. The number of rotatable bonds is 6. The monoisotopic (exact) mass is 373 g/mol. The molecule has 3 rings (SSSR count). The SMILES string of the molecule is O=C(O)CCC(Cc1ccccc1)NC(=O)N1CC(=O)NC2CCCCC21. The molecule has 1 aromatic rings. The zero-order chi connectivity index (χ0) is 19.2. The fraction of sp³-hybridized carbons (Fsp3) is 0.550. The minimum Gasteiger partial charge on any atom is -0.481 e. The summed E-state index contributed by atoms with van der Waals surface area (Å²) in [7, 11) is 0. The number of carboxylic acids is 1. The standard InChI is InChI=1S/C20H27N3O4/c24-18-13-23(17-9-5-4-8-16(17)22-18)20(27)21-15(10-11-19(25)26)12-14-6-2-1-3-7-14/h1-3,6-7,15-17H,4-5,8-13H2,(H,21,27)(H,22,24)(H,25,26). The van der Waals surface area contributed by atoms with Gasteiger partial charge in [-0.25, -0.2) is 4.79 Å². The lowest BCUT2D eigenvalue weighted by Crippen LogP contribution is -2.65. The first-order chi connectivity index (χ1) is 13.0. The molecule has 0 aromatic heterocycles. The van der Waals surface area contributed by atoms with Crippen molar-refractivity contribution in [3.05, 3.63) is 35.9 Å². The zero-order valence-electron chi connectivity index (χ0n) is 15.4. The number of nitrogens with zero attached hydrogens (tertiary/aromatic N) is 1. The molecule has 1 aliphatic carbocycles. The molecule has 1 saturated carbocycles. The highest BCUT2D eigenvalue weighted by molar-refractivity contribution is 5.86. The summed E-state index contributed by atoms with van der Waals surface area (Å²) in [4.78, 5) is 37.6. The van der Waals surface area contributed by atoms with Crippen molar-refractivity contribution in [3.63, 3.8) is 0 Å². The van der Waals surface area contributed by atoms with E-state index in [1.807, 2.05) is 30.3 Å². The Morgan fingerprint density at radius 1 is 1.22 bits per heavy atom. The van der Waals surface area contributed by atoms with Gasteiger partial charge in [0.05, 0.1) is 6.04 Å². The van der Waals surface area contributed by atoms with E-state index < -0.39 is 5.97 Å². The first-order valence-electron chi connectivity index (χ1n) is 9.65. The van der Waals surface area contributed by atoms with Crippen LogP contribution in [0.1, 0.15) is 44.1 Å². The molecular formula is C20H27N3O4. The van der Waals surface area contributed by atoms with Crippen LogP contribution in [0.5, 0.6) is 0 Å². The molecule has 7 nitrogen and oxygen atoms in total. The molecule has 1 saturated heterocycles. The van der Waals surface area contributed by atoms with Crippen molar-refractivity contribution in [2.75, 3.05) is 6.54 Å². The number of carbonyl (C=O) groups is 3. The van der Waals surface area contributed by atoms with E-state index in [1.54, 1.807) is 4.90 Å².